The van der Waals surface area contributed by atoms with Crippen LogP contribution in [0.1, 0.15) is 43.1 Å². The number of hydrogen-bond donors (Lipinski definition) is 1. The summed E-state index contributed by atoms with van der Waals surface area (Å²) >= 11 is 1.69. The smallest absolute Gasteiger partial charge is 0.131 e. The molecule has 0 radical (unpaired) electrons. The van der Waals surface area contributed by atoms with Gasteiger partial charge < -0.3 is 5.32 Å². The van der Waals surface area contributed by atoms with Crippen LogP contribution in [-0.2, 0) is 6.54 Å². The molecule has 4 heteroatoms. The minimum absolute atomic E-state index is 0.651. The minimum atomic E-state index is 0.651. The first-order valence-corrected chi connectivity index (χ1v) is 7.01. The SMILES string of the molecule is Cc1nnc(CNC2C(C)CCCC2C)s1. The van der Waals surface area contributed by atoms with Crippen molar-refractivity contribution in [3.05, 3.63) is 10.0 Å². The fraction of sp³-hybridized carbons (Fsp3) is 0.833. The second kappa shape index (κ2) is 5.23. The highest BCUT2D eigenvalue weighted by Gasteiger charge is 2.27. The number of nitrogens with zero attached hydrogens (tertiary/aromatic N) is 2. The minimum Gasteiger partial charge on any atom is -0.307 e. The molecule has 0 amide bonds. The number of nitrogens with one attached hydrogen (secondary N) is 1. The lowest BCUT2D eigenvalue weighted by atomic mass is 9.79. The molecule has 1 aliphatic carbocycles. The lowest BCUT2D eigenvalue weighted by molar-refractivity contribution is 0.207. The highest BCUT2D eigenvalue weighted by molar-refractivity contribution is 7.11. The molecular weight excluding hydrogens is 218 g/mol. The first-order valence-electron chi connectivity index (χ1n) is 6.19. The number of hydrogen-bond acceptors (Lipinski definition) is 4. The Balaban J connectivity index is 1.88. The van der Waals surface area contributed by atoms with Gasteiger partial charge in [-0.05, 0) is 31.6 Å². The van der Waals surface area contributed by atoms with Gasteiger partial charge in [-0.25, -0.2) is 0 Å². The molecular formula is C12H21N3S. The van der Waals surface area contributed by atoms with E-state index in [-0.39, 0.29) is 0 Å². The molecule has 1 aliphatic rings. The monoisotopic (exact) mass is 239 g/mol. The number of aromatic nitrogens is 2. The second-order valence-electron chi connectivity index (χ2n) is 5.01. The predicted molar refractivity (Wildman–Crippen MR) is 67.5 cm³/mol. The standard InChI is InChI=1S/C12H21N3S/c1-8-5-4-6-9(2)12(8)13-7-11-15-14-10(3)16-11/h8-9,12-13H,4-7H2,1-3H3. The Hall–Kier alpha value is -0.480. The van der Waals surface area contributed by atoms with Gasteiger partial charge in [-0.3, -0.25) is 0 Å². The summed E-state index contributed by atoms with van der Waals surface area (Å²) < 4.78 is 0. The summed E-state index contributed by atoms with van der Waals surface area (Å²) in [4.78, 5) is 0. The summed E-state index contributed by atoms with van der Waals surface area (Å²) in [5.41, 5.74) is 0. The Bertz CT molecular complexity index is 327. The Morgan fingerprint density at radius 3 is 2.50 bits per heavy atom. The van der Waals surface area contributed by atoms with Crippen LogP contribution in [0.4, 0.5) is 0 Å². The van der Waals surface area contributed by atoms with Crippen LogP contribution in [-0.4, -0.2) is 16.2 Å². The Labute approximate surface area is 102 Å². The van der Waals surface area contributed by atoms with E-state index in [4.69, 9.17) is 0 Å². The molecule has 1 heterocycles. The van der Waals surface area contributed by atoms with Crippen LogP contribution in [0.3, 0.4) is 0 Å². The van der Waals surface area contributed by atoms with Crippen molar-refractivity contribution in [1.29, 1.82) is 0 Å². The topological polar surface area (TPSA) is 37.8 Å². The molecule has 1 fully saturated rings. The average molecular weight is 239 g/mol. The van der Waals surface area contributed by atoms with Crippen LogP contribution < -0.4 is 5.32 Å². The lowest BCUT2D eigenvalue weighted by Crippen LogP contribution is -2.42. The van der Waals surface area contributed by atoms with Crippen LogP contribution >= 0.6 is 11.3 Å². The largest absolute Gasteiger partial charge is 0.307 e. The quantitative estimate of drug-likeness (QED) is 0.881. The van der Waals surface area contributed by atoms with Crippen LogP contribution in [0.2, 0.25) is 0 Å². The van der Waals surface area contributed by atoms with Crippen molar-refractivity contribution >= 4 is 11.3 Å². The molecule has 0 aliphatic heterocycles. The van der Waals surface area contributed by atoms with Crippen LogP contribution in [0.5, 0.6) is 0 Å². The molecule has 3 nitrogen and oxygen atoms in total. The first-order chi connectivity index (χ1) is 7.66. The molecule has 90 valence electrons. The summed E-state index contributed by atoms with van der Waals surface area (Å²) in [6.07, 6.45) is 4.10. The molecule has 0 saturated heterocycles. The van der Waals surface area contributed by atoms with Gasteiger partial charge in [0.25, 0.3) is 0 Å². The molecule has 2 rings (SSSR count). The maximum absolute atomic E-state index is 4.16. The van der Waals surface area contributed by atoms with E-state index in [9.17, 15) is 0 Å². The van der Waals surface area contributed by atoms with Gasteiger partial charge in [-0.1, -0.05) is 20.3 Å². The Morgan fingerprint density at radius 1 is 1.25 bits per heavy atom. The van der Waals surface area contributed by atoms with E-state index < -0.39 is 0 Å². The molecule has 1 aromatic heterocycles. The highest BCUT2D eigenvalue weighted by Crippen LogP contribution is 2.29. The normalized spacial score (nSPS) is 30.6. The van der Waals surface area contributed by atoms with Crippen molar-refractivity contribution in [2.24, 2.45) is 11.8 Å². The maximum Gasteiger partial charge on any atom is 0.131 e. The second-order valence-corrected chi connectivity index (χ2v) is 6.27. The van der Waals surface area contributed by atoms with Gasteiger partial charge >= 0.3 is 0 Å². The molecule has 0 bridgehead atoms. The van der Waals surface area contributed by atoms with Crippen molar-refractivity contribution in [2.75, 3.05) is 0 Å². The van der Waals surface area contributed by atoms with E-state index in [1.165, 1.54) is 19.3 Å². The fourth-order valence-corrected chi connectivity index (χ4v) is 3.36. The van der Waals surface area contributed by atoms with Crippen molar-refractivity contribution in [2.45, 2.75) is 52.6 Å². The molecule has 2 unspecified atom stereocenters. The van der Waals surface area contributed by atoms with Gasteiger partial charge in [-0.15, -0.1) is 21.5 Å². The number of rotatable bonds is 3. The summed E-state index contributed by atoms with van der Waals surface area (Å²) in [5.74, 6) is 1.58. The predicted octanol–water partition coefficient (Wildman–Crippen LogP) is 2.76. The van der Waals surface area contributed by atoms with Gasteiger partial charge in [0.05, 0.1) is 0 Å². The van der Waals surface area contributed by atoms with Gasteiger partial charge in [0.1, 0.15) is 10.0 Å². The third-order valence-electron chi connectivity index (χ3n) is 3.60. The molecule has 2 atom stereocenters. The van der Waals surface area contributed by atoms with Gasteiger partial charge in [0.15, 0.2) is 0 Å². The number of aryl methyl sites for hydroxylation is 1. The van der Waals surface area contributed by atoms with Crippen LogP contribution in [0.25, 0.3) is 0 Å². The zero-order valence-electron chi connectivity index (χ0n) is 10.4. The van der Waals surface area contributed by atoms with Crippen LogP contribution in [0, 0.1) is 18.8 Å². The van der Waals surface area contributed by atoms with Gasteiger partial charge in [0, 0.05) is 12.6 Å². The van der Waals surface area contributed by atoms with Crippen molar-refractivity contribution < 1.29 is 0 Å². The van der Waals surface area contributed by atoms with E-state index in [1.54, 1.807) is 11.3 Å². The zero-order chi connectivity index (χ0) is 11.5. The molecule has 1 N–H and O–H groups in total. The Kier molecular flexibility index (Phi) is 3.92. The van der Waals surface area contributed by atoms with Crippen molar-refractivity contribution in [3.8, 4) is 0 Å². The molecule has 0 spiro atoms. The van der Waals surface area contributed by atoms with Gasteiger partial charge in [-0.2, -0.15) is 0 Å². The first kappa shape index (κ1) is 12.0. The zero-order valence-corrected chi connectivity index (χ0v) is 11.2. The summed E-state index contributed by atoms with van der Waals surface area (Å²) in [6.45, 7) is 7.61. The van der Waals surface area contributed by atoms with E-state index in [2.05, 4.69) is 29.4 Å². The molecule has 16 heavy (non-hydrogen) atoms. The maximum atomic E-state index is 4.16. The highest BCUT2D eigenvalue weighted by atomic mass is 32.1. The molecule has 1 saturated carbocycles. The fourth-order valence-electron chi connectivity index (χ4n) is 2.70. The van der Waals surface area contributed by atoms with E-state index in [1.807, 2.05) is 6.92 Å². The van der Waals surface area contributed by atoms with E-state index >= 15 is 0 Å². The summed E-state index contributed by atoms with van der Waals surface area (Å²) in [5, 5.41) is 14.0. The van der Waals surface area contributed by atoms with E-state index in [0.717, 1.165) is 28.4 Å². The van der Waals surface area contributed by atoms with Gasteiger partial charge in [0.2, 0.25) is 0 Å². The van der Waals surface area contributed by atoms with Crippen molar-refractivity contribution in [1.82, 2.24) is 15.5 Å². The molecule has 0 aromatic carbocycles. The van der Waals surface area contributed by atoms with Crippen LogP contribution in [0.15, 0.2) is 0 Å². The van der Waals surface area contributed by atoms with Crippen molar-refractivity contribution in [3.63, 3.8) is 0 Å². The average Bonchev–Trinajstić information content (AvgIpc) is 2.63. The summed E-state index contributed by atoms with van der Waals surface area (Å²) in [7, 11) is 0. The third kappa shape index (κ3) is 2.80. The summed E-state index contributed by atoms with van der Waals surface area (Å²) in [6, 6.07) is 0.651. The lowest BCUT2D eigenvalue weighted by Gasteiger charge is -2.35. The third-order valence-corrected chi connectivity index (χ3v) is 4.44. The van der Waals surface area contributed by atoms with E-state index in [0.29, 0.717) is 6.04 Å². The Morgan fingerprint density at radius 2 is 1.94 bits per heavy atom. The molecule has 1 aromatic rings.